The molecule has 0 heterocycles. The fourth-order valence-electron chi connectivity index (χ4n) is 2.99. The molecule has 0 aliphatic carbocycles. The van der Waals surface area contributed by atoms with E-state index in [0.717, 1.165) is 12.8 Å². The van der Waals surface area contributed by atoms with E-state index in [2.05, 4.69) is 19.1 Å². The third kappa shape index (κ3) is 20.0. The van der Waals surface area contributed by atoms with E-state index in [1.807, 2.05) is 0 Å². The summed E-state index contributed by atoms with van der Waals surface area (Å²) < 4.78 is 15.7. The molecule has 2 N–H and O–H groups in total. The Labute approximate surface area is 155 Å². The maximum absolute atomic E-state index is 10.9. The summed E-state index contributed by atoms with van der Waals surface area (Å²) in [5, 5.41) is 0. The molecule has 0 aliphatic rings. The predicted octanol–water partition coefficient (Wildman–Crippen LogP) is 6.91. The zero-order valence-corrected chi connectivity index (χ0v) is 17.6. The van der Waals surface area contributed by atoms with Crippen LogP contribution in [-0.2, 0) is 9.09 Å². The van der Waals surface area contributed by atoms with Gasteiger partial charge in [-0.05, 0) is 46.0 Å². The highest BCUT2D eigenvalue weighted by atomic mass is 31.2. The molecule has 5 heteroatoms. The van der Waals surface area contributed by atoms with Crippen LogP contribution in [-0.4, -0.2) is 15.4 Å². The van der Waals surface area contributed by atoms with Crippen LogP contribution in [0.15, 0.2) is 12.2 Å². The normalized spacial score (nSPS) is 13.0. The Kier molecular flexibility index (Phi) is 14.9. The Morgan fingerprint density at radius 2 is 1.24 bits per heavy atom. The van der Waals surface area contributed by atoms with Crippen molar-refractivity contribution in [1.82, 2.24) is 0 Å². The zero-order chi connectivity index (χ0) is 19.0. The van der Waals surface area contributed by atoms with Gasteiger partial charge in [-0.15, -0.1) is 0 Å². The van der Waals surface area contributed by atoms with E-state index in [9.17, 15) is 4.57 Å². The summed E-state index contributed by atoms with van der Waals surface area (Å²) in [6.07, 6.45) is 21.6. The third-order valence-corrected chi connectivity index (χ3v) is 5.14. The topological polar surface area (TPSA) is 66.8 Å². The van der Waals surface area contributed by atoms with Crippen molar-refractivity contribution in [1.29, 1.82) is 0 Å². The van der Waals surface area contributed by atoms with Crippen molar-refractivity contribution >= 4 is 7.82 Å². The van der Waals surface area contributed by atoms with Gasteiger partial charge in [0.2, 0.25) is 0 Å². The molecule has 0 aromatic rings. The standard InChI is InChI=1S/C20H41O4P/c1-4-5-6-7-8-9-10-11-12-13-14-15-16-17-18-19-20(2,3)24-25(21,22)23/h11-12H,4-10,13-19H2,1-3H3,(H2,21,22,23). The minimum absolute atomic E-state index is 0.677. The van der Waals surface area contributed by atoms with Crippen LogP contribution in [0.2, 0.25) is 0 Å². The molecule has 150 valence electrons. The molecule has 25 heavy (non-hydrogen) atoms. The summed E-state index contributed by atoms with van der Waals surface area (Å²) in [5.41, 5.74) is -0.752. The van der Waals surface area contributed by atoms with Gasteiger partial charge >= 0.3 is 7.82 Å². The molecular weight excluding hydrogens is 335 g/mol. The van der Waals surface area contributed by atoms with Crippen LogP contribution in [0, 0.1) is 0 Å². The lowest BCUT2D eigenvalue weighted by atomic mass is 10.00. The summed E-state index contributed by atoms with van der Waals surface area (Å²) in [6.45, 7) is 5.73. The van der Waals surface area contributed by atoms with Crippen molar-refractivity contribution in [3.63, 3.8) is 0 Å². The van der Waals surface area contributed by atoms with Gasteiger partial charge in [0.15, 0.2) is 0 Å². The quantitative estimate of drug-likeness (QED) is 0.164. The molecule has 4 nitrogen and oxygen atoms in total. The van der Waals surface area contributed by atoms with Gasteiger partial charge in [0.25, 0.3) is 0 Å². The lowest BCUT2D eigenvalue weighted by Crippen LogP contribution is -2.22. The SMILES string of the molecule is CCCCCCCCC=CCCCCCCCC(C)(C)OP(=O)(O)O. The summed E-state index contributed by atoms with van der Waals surface area (Å²) in [4.78, 5) is 17.7. The van der Waals surface area contributed by atoms with Crippen LogP contribution in [0.4, 0.5) is 0 Å². The molecule has 0 radical (unpaired) electrons. The molecule has 0 aliphatic heterocycles. The molecule has 0 rings (SSSR count). The van der Waals surface area contributed by atoms with Gasteiger partial charge in [0.05, 0.1) is 5.60 Å². The average molecular weight is 377 g/mol. The number of hydrogen-bond donors (Lipinski definition) is 2. The van der Waals surface area contributed by atoms with Crippen LogP contribution in [0.1, 0.15) is 111 Å². The lowest BCUT2D eigenvalue weighted by Gasteiger charge is -2.25. The minimum Gasteiger partial charge on any atom is -0.303 e. The van der Waals surface area contributed by atoms with Crippen LogP contribution in [0.25, 0.3) is 0 Å². The number of rotatable bonds is 17. The van der Waals surface area contributed by atoms with Gasteiger partial charge in [-0.1, -0.05) is 76.9 Å². The smallest absolute Gasteiger partial charge is 0.303 e. The van der Waals surface area contributed by atoms with Gasteiger partial charge in [-0.3, -0.25) is 4.52 Å². The first-order chi connectivity index (χ1) is 11.8. The monoisotopic (exact) mass is 376 g/mol. The van der Waals surface area contributed by atoms with Crippen LogP contribution < -0.4 is 0 Å². The highest BCUT2D eigenvalue weighted by Gasteiger charge is 2.28. The van der Waals surface area contributed by atoms with E-state index < -0.39 is 13.4 Å². The molecular formula is C20H41O4P. The van der Waals surface area contributed by atoms with E-state index in [4.69, 9.17) is 14.3 Å². The molecule has 0 bridgehead atoms. The molecule has 0 atom stereocenters. The van der Waals surface area contributed by atoms with E-state index in [1.165, 1.54) is 70.6 Å². The van der Waals surface area contributed by atoms with Gasteiger partial charge in [-0.25, -0.2) is 4.57 Å². The van der Waals surface area contributed by atoms with Crippen molar-refractivity contribution < 1.29 is 18.9 Å². The van der Waals surface area contributed by atoms with Gasteiger partial charge < -0.3 is 9.79 Å². The minimum atomic E-state index is -4.38. The van der Waals surface area contributed by atoms with Gasteiger partial charge in [0, 0.05) is 0 Å². The molecule has 0 aromatic heterocycles. The Morgan fingerprint density at radius 3 is 1.72 bits per heavy atom. The molecule has 0 fully saturated rings. The number of phosphoric acid groups is 1. The van der Waals surface area contributed by atoms with Crippen LogP contribution in [0.5, 0.6) is 0 Å². The van der Waals surface area contributed by atoms with Crippen LogP contribution >= 0.6 is 7.82 Å². The van der Waals surface area contributed by atoms with Gasteiger partial charge in [-0.2, -0.15) is 0 Å². The number of hydrogen-bond acceptors (Lipinski definition) is 2. The number of phosphoric ester groups is 1. The maximum atomic E-state index is 10.9. The van der Waals surface area contributed by atoms with Gasteiger partial charge in [0.1, 0.15) is 0 Å². The molecule has 0 unspecified atom stereocenters. The average Bonchev–Trinajstić information content (AvgIpc) is 2.48. The Morgan fingerprint density at radius 1 is 0.800 bits per heavy atom. The van der Waals surface area contributed by atoms with Crippen molar-refractivity contribution in [2.24, 2.45) is 0 Å². The third-order valence-electron chi connectivity index (χ3n) is 4.41. The van der Waals surface area contributed by atoms with E-state index in [0.29, 0.717) is 6.42 Å². The number of allylic oxidation sites excluding steroid dienone is 2. The maximum Gasteiger partial charge on any atom is 0.470 e. The fourth-order valence-corrected chi connectivity index (χ4v) is 3.72. The zero-order valence-electron chi connectivity index (χ0n) is 16.7. The molecule has 0 saturated carbocycles. The Balaban J connectivity index is 3.38. The van der Waals surface area contributed by atoms with E-state index in [-0.39, 0.29) is 0 Å². The largest absolute Gasteiger partial charge is 0.470 e. The van der Waals surface area contributed by atoms with Crippen LogP contribution in [0.3, 0.4) is 0 Å². The molecule has 0 aromatic carbocycles. The summed E-state index contributed by atoms with van der Waals surface area (Å²) in [7, 11) is -4.38. The lowest BCUT2D eigenvalue weighted by molar-refractivity contribution is 0.0557. The van der Waals surface area contributed by atoms with Crippen molar-refractivity contribution in [3.05, 3.63) is 12.2 Å². The Hall–Kier alpha value is -0.150. The van der Waals surface area contributed by atoms with Crippen molar-refractivity contribution in [2.45, 2.75) is 116 Å². The molecule has 0 spiro atoms. The Bertz CT molecular complexity index is 374. The molecule has 0 amide bonds. The fraction of sp³-hybridized carbons (Fsp3) is 0.900. The second kappa shape index (κ2) is 15.0. The highest BCUT2D eigenvalue weighted by molar-refractivity contribution is 7.46. The second-order valence-corrected chi connectivity index (χ2v) is 8.84. The predicted molar refractivity (Wildman–Crippen MR) is 107 cm³/mol. The number of unbranched alkanes of at least 4 members (excludes halogenated alkanes) is 11. The van der Waals surface area contributed by atoms with Crippen molar-refractivity contribution in [2.75, 3.05) is 0 Å². The second-order valence-electron chi connectivity index (χ2n) is 7.68. The summed E-state index contributed by atoms with van der Waals surface area (Å²) >= 11 is 0. The molecule has 0 saturated heterocycles. The van der Waals surface area contributed by atoms with E-state index in [1.54, 1.807) is 13.8 Å². The first-order valence-electron chi connectivity index (χ1n) is 10.2. The van der Waals surface area contributed by atoms with Crippen molar-refractivity contribution in [3.8, 4) is 0 Å². The van der Waals surface area contributed by atoms with E-state index >= 15 is 0 Å². The first kappa shape index (κ1) is 24.8. The highest BCUT2D eigenvalue weighted by Crippen LogP contribution is 2.42. The summed E-state index contributed by atoms with van der Waals surface area (Å²) in [6, 6.07) is 0. The first-order valence-corrected chi connectivity index (χ1v) is 11.7. The summed E-state index contributed by atoms with van der Waals surface area (Å²) in [5.74, 6) is 0.